The molecule has 19 heavy (non-hydrogen) atoms. The van der Waals surface area contributed by atoms with Crippen molar-refractivity contribution in [1.82, 2.24) is 10.2 Å². The quantitative estimate of drug-likeness (QED) is 0.766. The molecular weight excluding hydrogens is 232 g/mol. The van der Waals surface area contributed by atoms with Gasteiger partial charge >= 0.3 is 0 Å². The van der Waals surface area contributed by atoms with E-state index in [-0.39, 0.29) is 0 Å². The predicted octanol–water partition coefficient (Wildman–Crippen LogP) is 3.52. The Kier molecular flexibility index (Phi) is 5.30. The molecule has 0 spiro atoms. The first-order valence-corrected chi connectivity index (χ1v) is 8.47. The van der Waals surface area contributed by atoms with Crippen molar-refractivity contribution in [2.24, 2.45) is 17.3 Å². The van der Waals surface area contributed by atoms with Gasteiger partial charge in [0.05, 0.1) is 0 Å². The fourth-order valence-electron chi connectivity index (χ4n) is 3.83. The van der Waals surface area contributed by atoms with Gasteiger partial charge in [-0.2, -0.15) is 0 Å². The summed E-state index contributed by atoms with van der Waals surface area (Å²) in [6.45, 7) is 14.6. The van der Waals surface area contributed by atoms with Crippen LogP contribution >= 0.6 is 0 Å². The summed E-state index contributed by atoms with van der Waals surface area (Å²) in [7, 11) is 0. The van der Waals surface area contributed by atoms with Crippen LogP contribution in [0, 0.1) is 17.3 Å². The number of nitrogens with one attached hydrogen (secondary N) is 1. The summed E-state index contributed by atoms with van der Waals surface area (Å²) in [5.41, 5.74) is 0.508. The van der Waals surface area contributed by atoms with Gasteiger partial charge in [-0.05, 0) is 75.5 Å². The minimum Gasteiger partial charge on any atom is -0.316 e. The lowest BCUT2D eigenvalue weighted by molar-refractivity contribution is 0.0163. The van der Waals surface area contributed by atoms with E-state index in [1.165, 1.54) is 58.3 Å². The van der Waals surface area contributed by atoms with E-state index in [9.17, 15) is 0 Å². The molecule has 112 valence electrons. The van der Waals surface area contributed by atoms with Gasteiger partial charge in [-0.1, -0.05) is 27.7 Å². The van der Waals surface area contributed by atoms with E-state index in [1.807, 2.05) is 0 Å². The van der Waals surface area contributed by atoms with Crippen LogP contribution in [0.25, 0.3) is 0 Å². The van der Waals surface area contributed by atoms with Gasteiger partial charge in [0.15, 0.2) is 0 Å². The number of nitrogens with zero attached hydrogens (tertiary/aromatic N) is 1. The van der Waals surface area contributed by atoms with Gasteiger partial charge < -0.3 is 10.2 Å². The van der Waals surface area contributed by atoms with Crippen LogP contribution in [0.1, 0.15) is 59.8 Å². The zero-order valence-electron chi connectivity index (χ0n) is 13.5. The van der Waals surface area contributed by atoms with E-state index < -0.39 is 0 Å². The van der Waals surface area contributed by atoms with Gasteiger partial charge in [0, 0.05) is 6.04 Å². The average molecular weight is 266 g/mol. The van der Waals surface area contributed by atoms with Crippen molar-refractivity contribution in [3.8, 4) is 0 Å². The number of rotatable bonds is 5. The summed E-state index contributed by atoms with van der Waals surface area (Å²) in [4.78, 5) is 2.80. The van der Waals surface area contributed by atoms with Crippen LogP contribution in [-0.4, -0.2) is 37.1 Å². The van der Waals surface area contributed by atoms with E-state index in [0.717, 1.165) is 17.9 Å². The first-order valence-electron chi connectivity index (χ1n) is 8.47. The summed E-state index contributed by atoms with van der Waals surface area (Å²) in [6, 6.07) is 0.894. The second-order valence-corrected chi connectivity index (χ2v) is 7.79. The highest BCUT2D eigenvalue weighted by atomic mass is 15.2. The molecule has 2 heteroatoms. The van der Waals surface area contributed by atoms with Crippen molar-refractivity contribution in [3.05, 3.63) is 0 Å². The van der Waals surface area contributed by atoms with Crippen molar-refractivity contribution < 1.29 is 0 Å². The fraction of sp³-hybridized carbons (Fsp3) is 1.00. The van der Waals surface area contributed by atoms with Gasteiger partial charge in [-0.15, -0.1) is 0 Å². The highest BCUT2D eigenvalue weighted by Crippen LogP contribution is 2.38. The Morgan fingerprint density at radius 2 is 1.74 bits per heavy atom. The molecule has 0 amide bonds. The van der Waals surface area contributed by atoms with E-state index in [4.69, 9.17) is 0 Å². The smallest absolute Gasteiger partial charge is 0.0136 e. The molecule has 2 aliphatic rings. The molecule has 0 bridgehead atoms. The third-order valence-corrected chi connectivity index (χ3v) is 5.43. The Morgan fingerprint density at radius 3 is 2.21 bits per heavy atom. The average Bonchev–Trinajstić information content (AvgIpc) is 2.33. The summed E-state index contributed by atoms with van der Waals surface area (Å²) in [6.07, 6.45) is 6.97. The Bertz CT molecular complexity index is 261. The Hall–Kier alpha value is -0.0800. The molecule has 2 nitrogen and oxygen atoms in total. The molecule has 1 N–H and O–H groups in total. The van der Waals surface area contributed by atoms with Crippen molar-refractivity contribution >= 4 is 0 Å². The Morgan fingerprint density at radius 1 is 1.05 bits per heavy atom. The lowest BCUT2D eigenvalue weighted by Gasteiger charge is -2.48. The van der Waals surface area contributed by atoms with Crippen molar-refractivity contribution in [2.45, 2.75) is 65.8 Å². The monoisotopic (exact) mass is 266 g/mol. The SMILES string of the molecule is CCCNCC1CCC1N1CCC(C(C)(C)C)CC1. The lowest BCUT2D eigenvalue weighted by Crippen LogP contribution is -2.53. The van der Waals surface area contributed by atoms with Crippen LogP contribution in [0.5, 0.6) is 0 Å². The van der Waals surface area contributed by atoms with Gasteiger partial charge in [0.2, 0.25) is 0 Å². The maximum atomic E-state index is 3.61. The lowest BCUT2D eigenvalue weighted by atomic mass is 9.73. The highest BCUT2D eigenvalue weighted by Gasteiger charge is 2.38. The zero-order valence-corrected chi connectivity index (χ0v) is 13.5. The van der Waals surface area contributed by atoms with Crippen LogP contribution < -0.4 is 5.32 Å². The maximum Gasteiger partial charge on any atom is 0.0136 e. The van der Waals surface area contributed by atoms with Crippen molar-refractivity contribution in [3.63, 3.8) is 0 Å². The molecular formula is C17H34N2. The number of hydrogen-bond donors (Lipinski definition) is 1. The Labute approximate surface area is 120 Å². The first-order chi connectivity index (χ1) is 9.02. The van der Waals surface area contributed by atoms with E-state index in [1.54, 1.807) is 0 Å². The van der Waals surface area contributed by atoms with Gasteiger partial charge in [-0.25, -0.2) is 0 Å². The second kappa shape index (κ2) is 6.58. The summed E-state index contributed by atoms with van der Waals surface area (Å²) in [5.74, 6) is 1.86. The standard InChI is InChI=1S/C17H34N2/c1-5-10-18-13-14-6-7-16(14)19-11-8-15(9-12-19)17(2,3)4/h14-16,18H,5-13H2,1-4H3. The van der Waals surface area contributed by atoms with Gasteiger partial charge in [-0.3, -0.25) is 0 Å². The summed E-state index contributed by atoms with van der Waals surface area (Å²) < 4.78 is 0. The Balaban J connectivity index is 1.72. The molecule has 0 aromatic carbocycles. The number of likely N-dealkylation sites (tertiary alicyclic amines) is 1. The fourth-order valence-corrected chi connectivity index (χ4v) is 3.83. The van der Waals surface area contributed by atoms with E-state index in [2.05, 4.69) is 37.9 Å². The van der Waals surface area contributed by atoms with Crippen LogP contribution in [0.2, 0.25) is 0 Å². The van der Waals surface area contributed by atoms with Gasteiger partial charge in [0.25, 0.3) is 0 Å². The van der Waals surface area contributed by atoms with E-state index >= 15 is 0 Å². The largest absolute Gasteiger partial charge is 0.316 e. The number of piperidine rings is 1. The molecule has 1 saturated carbocycles. The minimum absolute atomic E-state index is 0.508. The first kappa shape index (κ1) is 15.3. The minimum atomic E-state index is 0.508. The van der Waals surface area contributed by atoms with Crippen molar-refractivity contribution in [1.29, 1.82) is 0 Å². The van der Waals surface area contributed by atoms with Crippen LogP contribution in [0.4, 0.5) is 0 Å². The third-order valence-electron chi connectivity index (χ3n) is 5.43. The molecule has 2 unspecified atom stereocenters. The molecule has 0 aromatic rings. The summed E-state index contributed by atoms with van der Waals surface area (Å²) in [5, 5.41) is 3.61. The number of hydrogen-bond acceptors (Lipinski definition) is 2. The van der Waals surface area contributed by atoms with Crippen LogP contribution in [0.15, 0.2) is 0 Å². The molecule has 2 atom stereocenters. The molecule has 2 fully saturated rings. The van der Waals surface area contributed by atoms with Crippen LogP contribution in [0.3, 0.4) is 0 Å². The van der Waals surface area contributed by atoms with Crippen LogP contribution in [-0.2, 0) is 0 Å². The maximum absolute atomic E-state index is 3.61. The predicted molar refractivity (Wildman–Crippen MR) is 83.4 cm³/mol. The normalized spacial score (nSPS) is 30.3. The molecule has 2 rings (SSSR count). The molecule has 1 aliphatic heterocycles. The van der Waals surface area contributed by atoms with E-state index in [0.29, 0.717) is 5.41 Å². The molecule has 1 heterocycles. The summed E-state index contributed by atoms with van der Waals surface area (Å²) >= 11 is 0. The van der Waals surface area contributed by atoms with Crippen molar-refractivity contribution in [2.75, 3.05) is 26.2 Å². The second-order valence-electron chi connectivity index (χ2n) is 7.79. The molecule has 1 aliphatic carbocycles. The zero-order chi connectivity index (χ0) is 13.9. The highest BCUT2D eigenvalue weighted by molar-refractivity contribution is 4.92. The van der Waals surface area contributed by atoms with Gasteiger partial charge in [0.1, 0.15) is 0 Å². The molecule has 1 saturated heterocycles. The molecule has 0 radical (unpaired) electrons. The topological polar surface area (TPSA) is 15.3 Å². The molecule has 0 aromatic heterocycles. The third kappa shape index (κ3) is 3.95.